The molecular weight excluding hydrogens is 349 g/mol. The van der Waals surface area contributed by atoms with Crippen molar-refractivity contribution < 1.29 is 23.1 Å². The number of nitrogens with zero attached hydrogens (tertiary/aromatic N) is 4. The van der Waals surface area contributed by atoms with E-state index in [-0.39, 0.29) is 29.7 Å². The van der Waals surface area contributed by atoms with Gasteiger partial charge in [-0.1, -0.05) is 0 Å². The van der Waals surface area contributed by atoms with Crippen molar-refractivity contribution in [1.82, 2.24) is 9.97 Å². The van der Waals surface area contributed by atoms with Crippen LogP contribution in [0.15, 0.2) is 6.07 Å². The maximum atomic E-state index is 13.2. The Kier molecular flexibility index (Phi) is 3.82. The molecule has 1 aromatic heterocycles. The molecule has 2 saturated heterocycles. The minimum atomic E-state index is -4.51. The lowest BCUT2D eigenvalue weighted by atomic mass is 9.57. The number of aliphatic carboxylic acids is 1. The molecule has 2 aliphatic heterocycles. The largest absolute Gasteiger partial charge is 0.481 e. The Hall–Kier alpha value is -2.06. The van der Waals surface area contributed by atoms with Crippen molar-refractivity contribution in [3.8, 4) is 0 Å². The predicted octanol–water partition coefficient (Wildman–Crippen LogP) is 2.79. The lowest BCUT2D eigenvalue weighted by molar-refractivity contribution is -0.141. The van der Waals surface area contributed by atoms with E-state index < -0.39 is 17.8 Å². The van der Waals surface area contributed by atoms with Crippen LogP contribution in [0, 0.1) is 11.3 Å². The first kappa shape index (κ1) is 17.4. The van der Waals surface area contributed by atoms with Gasteiger partial charge in [0.05, 0.1) is 0 Å². The maximum absolute atomic E-state index is 13.2. The second kappa shape index (κ2) is 5.72. The van der Waals surface area contributed by atoms with Crippen LogP contribution in [0.3, 0.4) is 0 Å². The maximum Gasteiger partial charge on any atom is 0.433 e. The molecule has 0 aromatic carbocycles. The highest BCUT2D eigenvalue weighted by Gasteiger charge is 2.53. The van der Waals surface area contributed by atoms with Gasteiger partial charge in [-0.3, -0.25) is 4.79 Å². The Morgan fingerprint density at radius 3 is 2.54 bits per heavy atom. The monoisotopic (exact) mass is 370 g/mol. The van der Waals surface area contributed by atoms with Crippen molar-refractivity contribution in [2.45, 2.75) is 44.8 Å². The number of carboxylic acids is 1. The van der Waals surface area contributed by atoms with Crippen molar-refractivity contribution >= 4 is 17.7 Å². The topological polar surface area (TPSA) is 69.6 Å². The predicted molar refractivity (Wildman–Crippen MR) is 88.1 cm³/mol. The average molecular weight is 370 g/mol. The Morgan fingerprint density at radius 1 is 1.35 bits per heavy atom. The van der Waals surface area contributed by atoms with Crippen LogP contribution in [0.5, 0.6) is 0 Å². The third kappa shape index (κ3) is 2.97. The van der Waals surface area contributed by atoms with E-state index in [0.29, 0.717) is 25.5 Å². The number of alkyl halides is 3. The summed E-state index contributed by atoms with van der Waals surface area (Å²) in [7, 11) is 0. The number of hydrogen-bond donors (Lipinski definition) is 1. The Bertz CT molecular complexity index is 725. The van der Waals surface area contributed by atoms with Crippen LogP contribution in [-0.4, -0.2) is 46.7 Å². The Balaban J connectivity index is 1.49. The number of rotatable bonds is 4. The van der Waals surface area contributed by atoms with Gasteiger partial charge in [0, 0.05) is 43.6 Å². The zero-order valence-corrected chi connectivity index (χ0v) is 14.5. The van der Waals surface area contributed by atoms with E-state index in [0.717, 1.165) is 25.3 Å². The molecule has 1 aliphatic carbocycles. The molecule has 1 aromatic rings. The molecule has 6 nitrogen and oxygen atoms in total. The standard InChI is InChI=1S/C17H21F3N4O2/c1-10-2-3-24(10)15-21-12(17(18,19)20)5-13(22-15)23-8-16(9-23)6-11(7-16)4-14(25)26/h5,10-11H,2-4,6-9H2,1H3,(H,25,26)/t10-/m0/s1. The highest BCUT2D eigenvalue weighted by molar-refractivity contribution is 5.67. The SMILES string of the molecule is C[C@H]1CCN1c1nc(N2CC3(CC(CC(=O)O)C3)C2)cc(C(F)(F)F)n1. The van der Waals surface area contributed by atoms with Gasteiger partial charge in [-0.2, -0.15) is 18.2 Å². The summed E-state index contributed by atoms with van der Waals surface area (Å²) in [4.78, 5) is 22.5. The molecule has 26 heavy (non-hydrogen) atoms. The molecule has 142 valence electrons. The van der Waals surface area contributed by atoms with Crippen molar-refractivity contribution in [3.05, 3.63) is 11.8 Å². The van der Waals surface area contributed by atoms with Gasteiger partial charge in [0.1, 0.15) is 5.82 Å². The average Bonchev–Trinajstić information content (AvgIpc) is 2.45. The Labute approximate surface area is 149 Å². The molecule has 1 atom stereocenters. The van der Waals surface area contributed by atoms with Crippen LogP contribution in [0.4, 0.5) is 24.9 Å². The molecule has 0 unspecified atom stereocenters. The fraction of sp³-hybridized carbons (Fsp3) is 0.706. The molecule has 0 amide bonds. The van der Waals surface area contributed by atoms with E-state index in [1.807, 2.05) is 11.8 Å². The second-order valence-corrected chi connectivity index (χ2v) is 7.97. The molecule has 4 rings (SSSR count). The Morgan fingerprint density at radius 2 is 2.04 bits per heavy atom. The first-order chi connectivity index (χ1) is 12.2. The summed E-state index contributed by atoms with van der Waals surface area (Å²) >= 11 is 0. The first-order valence-electron chi connectivity index (χ1n) is 8.85. The minimum absolute atomic E-state index is 0.0493. The van der Waals surface area contributed by atoms with Crippen LogP contribution in [0.2, 0.25) is 0 Å². The van der Waals surface area contributed by atoms with Crippen molar-refractivity contribution in [1.29, 1.82) is 0 Å². The van der Waals surface area contributed by atoms with E-state index in [1.165, 1.54) is 0 Å². The number of carboxylic acid groups (broad SMARTS) is 1. The summed E-state index contributed by atoms with van der Waals surface area (Å²) in [6.07, 6.45) is -1.77. The fourth-order valence-electron chi connectivity index (χ4n) is 4.41. The lowest BCUT2D eigenvalue weighted by Gasteiger charge is -2.59. The van der Waals surface area contributed by atoms with Crippen LogP contribution in [-0.2, 0) is 11.0 Å². The summed E-state index contributed by atoms with van der Waals surface area (Å²) in [6.45, 7) is 3.88. The van der Waals surface area contributed by atoms with E-state index in [9.17, 15) is 18.0 Å². The van der Waals surface area contributed by atoms with Crippen molar-refractivity contribution in [3.63, 3.8) is 0 Å². The first-order valence-corrected chi connectivity index (χ1v) is 8.85. The summed E-state index contributed by atoms with van der Waals surface area (Å²) in [5.41, 5.74) is -0.858. The third-order valence-corrected chi connectivity index (χ3v) is 5.85. The van der Waals surface area contributed by atoms with Crippen LogP contribution in [0.1, 0.15) is 38.3 Å². The number of anilines is 2. The molecule has 3 aliphatic rings. The lowest BCUT2D eigenvalue weighted by Crippen LogP contribution is -2.63. The molecule has 0 bridgehead atoms. The van der Waals surface area contributed by atoms with Crippen LogP contribution in [0.25, 0.3) is 0 Å². The van der Waals surface area contributed by atoms with Gasteiger partial charge in [-0.05, 0) is 32.1 Å². The molecule has 3 fully saturated rings. The fourth-order valence-corrected chi connectivity index (χ4v) is 4.41. The number of carbonyl (C=O) groups is 1. The summed E-state index contributed by atoms with van der Waals surface area (Å²) < 4.78 is 39.7. The van der Waals surface area contributed by atoms with Crippen molar-refractivity contribution in [2.24, 2.45) is 11.3 Å². The normalized spacial score (nSPS) is 24.8. The number of aromatic nitrogens is 2. The van der Waals surface area contributed by atoms with E-state index in [1.54, 1.807) is 4.90 Å². The molecular formula is C17H21F3N4O2. The van der Waals surface area contributed by atoms with E-state index in [4.69, 9.17) is 5.11 Å². The minimum Gasteiger partial charge on any atom is -0.481 e. The van der Waals surface area contributed by atoms with Gasteiger partial charge in [-0.25, -0.2) is 4.98 Å². The molecule has 1 N–H and O–H groups in total. The van der Waals surface area contributed by atoms with Gasteiger partial charge < -0.3 is 14.9 Å². The van der Waals surface area contributed by atoms with Gasteiger partial charge in [0.15, 0.2) is 5.69 Å². The number of halogens is 3. The second-order valence-electron chi connectivity index (χ2n) is 7.97. The smallest absolute Gasteiger partial charge is 0.433 e. The van der Waals surface area contributed by atoms with E-state index >= 15 is 0 Å². The zero-order valence-electron chi connectivity index (χ0n) is 14.5. The van der Waals surface area contributed by atoms with Gasteiger partial charge in [-0.15, -0.1) is 0 Å². The highest BCUT2D eigenvalue weighted by atomic mass is 19.4. The quantitative estimate of drug-likeness (QED) is 0.879. The summed E-state index contributed by atoms with van der Waals surface area (Å²) in [5.74, 6) is -0.149. The zero-order chi connectivity index (χ0) is 18.7. The summed E-state index contributed by atoms with van der Waals surface area (Å²) in [5, 5.41) is 8.84. The molecule has 1 spiro atoms. The van der Waals surface area contributed by atoms with Gasteiger partial charge in [0.2, 0.25) is 5.95 Å². The third-order valence-electron chi connectivity index (χ3n) is 5.85. The van der Waals surface area contributed by atoms with Gasteiger partial charge >= 0.3 is 12.1 Å². The van der Waals surface area contributed by atoms with Gasteiger partial charge in [0.25, 0.3) is 0 Å². The number of hydrogen-bond acceptors (Lipinski definition) is 5. The highest BCUT2D eigenvalue weighted by Crippen LogP contribution is 2.54. The van der Waals surface area contributed by atoms with Crippen molar-refractivity contribution in [2.75, 3.05) is 29.4 Å². The van der Waals surface area contributed by atoms with Crippen LogP contribution >= 0.6 is 0 Å². The molecule has 0 radical (unpaired) electrons. The summed E-state index contributed by atoms with van der Waals surface area (Å²) in [6, 6.07) is 1.17. The molecule has 3 heterocycles. The van der Waals surface area contributed by atoms with E-state index in [2.05, 4.69) is 9.97 Å². The molecule has 1 saturated carbocycles. The van der Waals surface area contributed by atoms with Crippen LogP contribution < -0.4 is 9.80 Å². The molecule has 9 heteroatoms.